The van der Waals surface area contributed by atoms with E-state index in [-0.39, 0.29) is 5.91 Å². The van der Waals surface area contributed by atoms with Crippen molar-refractivity contribution in [1.29, 1.82) is 0 Å². The Hall–Kier alpha value is -4.13. The van der Waals surface area contributed by atoms with E-state index in [1.54, 1.807) is 31.4 Å². The number of benzene rings is 3. The van der Waals surface area contributed by atoms with Gasteiger partial charge in [-0.15, -0.1) is 10.2 Å². The topological polar surface area (TPSA) is 86.5 Å². The lowest BCUT2D eigenvalue weighted by Crippen LogP contribution is -2.22. The van der Waals surface area contributed by atoms with Crippen LogP contribution in [0.1, 0.15) is 21.5 Å². The summed E-state index contributed by atoms with van der Waals surface area (Å²) in [6, 6.07) is 22.5. The predicted octanol–water partition coefficient (Wildman–Crippen LogP) is 4.25. The molecule has 0 saturated carbocycles. The maximum Gasteiger partial charge on any atom is 0.251 e. The van der Waals surface area contributed by atoms with Crippen molar-refractivity contribution < 1.29 is 18.7 Å². The highest BCUT2D eigenvalue weighted by Crippen LogP contribution is 2.29. The summed E-state index contributed by atoms with van der Waals surface area (Å²) in [4.78, 5) is 12.5. The maximum atomic E-state index is 12.5. The zero-order chi connectivity index (χ0) is 21.5. The van der Waals surface area contributed by atoms with Crippen LogP contribution in [-0.2, 0) is 13.2 Å². The molecule has 7 nitrogen and oxygen atoms in total. The summed E-state index contributed by atoms with van der Waals surface area (Å²) in [5.74, 6) is 1.50. The molecule has 0 aliphatic carbocycles. The average molecular weight is 415 g/mol. The molecule has 7 heteroatoms. The number of carbonyl (C=O) groups is 1. The quantitative estimate of drug-likeness (QED) is 0.463. The van der Waals surface area contributed by atoms with Crippen molar-refractivity contribution in [3.63, 3.8) is 0 Å². The van der Waals surface area contributed by atoms with Gasteiger partial charge in [0.15, 0.2) is 11.5 Å². The molecule has 0 radical (unpaired) electrons. The summed E-state index contributed by atoms with van der Waals surface area (Å²) in [6.45, 7) is 0.812. The van der Waals surface area contributed by atoms with E-state index in [2.05, 4.69) is 15.5 Å². The van der Waals surface area contributed by atoms with E-state index < -0.39 is 0 Å². The van der Waals surface area contributed by atoms with Crippen molar-refractivity contribution in [2.75, 3.05) is 7.11 Å². The number of aromatic nitrogens is 2. The highest BCUT2D eigenvalue weighted by atomic mass is 16.5. The molecule has 0 atom stereocenters. The molecule has 156 valence electrons. The van der Waals surface area contributed by atoms with E-state index in [0.717, 1.165) is 16.7 Å². The molecule has 3 aromatic carbocycles. The molecule has 0 fully saturated rings. The normalized spacial score (nSPS) is 10.5. The van der Waals surface area contributed by atoms with Crippen molar-refractivity contribution in [2.45, 2.75) is 13.2 Å². The third-order valence-electron chi connectivity index (χ3n) is 4.67. The number of hydrogen-bond donors (Lipinski definition) is 1. The van der Waals surface area contributed by atoms with Crippen LogP contribution in [0.3, 0.4) is 0 Å². The summed E-state index contributed by atoms with van der Waals surface area (Å²) >= 11 is 0. The van der Waals surface area contributed by atoms with Gasteiger partial charge in [-0.3, -0.25) is 4.79 Å². The monoisotopic (exact) mass is 415 g/mol. The van der Waals surface area contributed by atoms with E-state index in [1.165, 1.54) is 6.39 Å². The minimum atomic E-state index is -0.180. The highest BCUT2D eigenvalue weighted by Gasteiger charge is 2.10. The summed E-state index contributed by atoms with van der Waals surface area (Å²) in [5.41, 5.74) is 3.27. The molecule has 0 unspecified atom stereocenters. The molecule has 0 saturated heterocycles. The van der Waals surface area contributed by atoms with Crippen molar-refractivity contribution >= 4 is 5.91 Å². The fourth-order valence-corrected chi connectivity index (χ4v) is 3.02. The summed E-state index contributed by atoms with van der Waals surface area (Å²) in [5, 5.41) is 10.4. The van der Waals surface area contributed by atoms with Gasteiger partial charge in [-0.1, -0.05) is 36.4 Å². The Labute approximate surface area is 179 Å². The van der Waals surface area contributed by atoms with Gasteiger partial charge in [-0.25, -0.2) is 0 Å². The van der Waals surface area contributed by atoms with E-state index in [1.807, 2.05) is 48.5 Å². The smallest absolute Gasteiger partial charge is 0.251 e. The van der Waals surface area contributed by atoms with Crippen LogP contribution in [0.4, 0.5) is 0 Å². The lowest BCUT2D eigenvalue weighted by molar-refractivity contribution is 0.0951. The lowest BCUT2D eigenvalue weighted by Gasteiger charge is -2.13. The summed E-state index contributed by atoms with van der Waals surface area (Å²) < 4.78 is 16.5. The van der Waals surface area contributed by atoms with Gasteiger partial charge >= 0.3 is 0 Å². The highest BCUT2D eigenvalue weighted by molar-refractivity contribution is 5.94. The van der Waals surface area contributed by atoms with Crippen LogP contribution in [0.5, 0.6) is 11.5 Å². The van der Waals surface area contributed by atoms with E-state index in [4.69, 9.17) is 13.9 Å². The first-order valence-electron chi connectivity index (χ1n) is 9.71. The minimum absolute atomic E-state index is 0.180. The fraction of sp³-hybridized carbons (Fsp3) is 0.125. The summed E-state index contributed by atoms with van der Waals surface area (Å²) in [6.07, 6.45) is 1.27. The second-order valence-electron chi connectivity index (χ2n) is 6.76. The lowest BCUT2D eigenvalue weighted by atomic mass is 10.1. The third-order valence-corrected chi connectivity index (χ3v) is 4.67. The molecular weight excluding hydrogens is 394 g/mol. The molecule has 0 aliphatic heterocycles. The number of methoxy groups -OCH3 is 1. The zero-order valence-corrected chi connectivity index (χ0v) is 16.9. The van der Waals surface area contributed by atoms with Crippen LogP contribution < -0.4 is 14.8 Å². The van der Waals surface area contributed by atoms with Gasteiger partial charge in [-0.05, 0) is 47.5 Å². The fourth-order valence-electron chi connectivity index (χ4n) is 3.02. The van der Waals surface area contributed by atoms with E-state index in [9.17, 15) is 4.79 Å². The molecule has 1 amide bonds. The van der Waals surface area contributed by atoms with Gasteiger partial charge in [0, 0.05) is 17.7 Å². The molecule has 4 aromatic rings. The van der Waals surface area contributed by atoms with Crippen molar-refractivity contribution in [3.8, 4) is 23.0 Å². The Bertz CT molecular complexity index is 1130. The molecule has 0 bridgehead atoms. The van der Waals surface area contributed by atoms with E-state index >= 15 is 0 Å². The van der Waals surface area contributed by atoms with Gasteiger partial charge in [0.05, 0.1) is 7.11 Å². The average Bonchev–Trinajstić information content (AvgIpc) is 3.37. The number of carbonyl (C=O) groups excluding carboxylic acids is 1. The first-order chi connectivity index (χ1) is 15.2. The molecule has 1 heterocycles. The number of amides is 1. The van der Waals surface area contributed by atoms with Gasteiger partial charge in [0.2, 0.25) is 12.3 Å². The SMILES string of the molecule is COc1cc(CNC(=O)c2ccc(-c3nnco3)cc2)ccc1OCc1ccccc1. The number of rotatable bonds is 8. The minimum Gasteiger partial charge on any atom is -0.493 e. The van der Waals surface area contributed by atoms with Gasteiger partial charge in [-0.2, -0.15) is 0 Å². The molecule has 4 rings (SSSR count). The van der Waals surface area contributed by atoms with Gasteiger partial charge in [0.25, 0.3) is 5.91 Å². The van der Waals surface area contributed by atoms with Crippen LogP contribution in [0.25, 0.3) is 11.5 Å². The number of hydrogen-bond acceptors (Lipinski definition) is 6. The molecule has 0 aliphatic rings. The predicted molar refractivity (Wildman–Crippen MR) is 115 cm³/mol. The van der Waals surface area contributed by atoms with Crippen LogP contribution >= 0.6 is 0 Å². The van der Waals surface area contributed by atoms with Gasteiger partial charge < -0.3 is 19.2 Å². The third kappa shape index (κ3) is 5.08. The summed E-state index contributed by atoms with van der Waals surface area (Å²) in [7, 11) is 1.60. The Morgan fingerprint density at radius 3 is 2.48 bits per heavy atom. The Balaban J connectivity index is 1.36. The molecule has 31 heavy (non-hydrogen) atoms. The molecule has 1 N–H and O–H groups in total. The second-order valence-corrected chi connectivity index (χ2v) is 6.76. The first kappa shape index (κ1) is 20.2. The van der Waals surface area contributed by atoms with E-state index in [0.29, 0.717) is 36.1 Å². The number of nitrogens with zero attached hydrogens (tertiary/aromatic N) is 2. The van der Waals surface area contributed by atoms with Crippen molar-refractivity contribution in [1.82, 2.24) is 15.5 Å². The number of ether oxygens (including phenoxy) is 2. The van der Waals surface area contributed by atoms with Crippen LogP contribution in [-0.4, -0.2) is 23.2 Å². The Morgan fingerprint density at radius 2 is 1.77 bits per heavy atom. The zero-order valence-electron chi connectivity index (χ0n) is 16.9. The Kier molecular flexibility index (Phi) is 6.23. The molecule has 0 spiro atoms. The number of nitrogens with one attached hydrogen (secondary N) is 1. The van der Waals surface area contributed by atoms with Crippen LogP contribution in [0.15, 0.2) is 83.6 Å². The molecular formula is C24H21N3O4. The Morgan fingerprint density at radius 1 is 0.968 bits per heavy atom. The van der Waals surface area contributed by atoms with Crippen LogP contribution in [0, 0.1) is 0 Å². The maximum absolute atomic E-state index is 12.5. The first-order valence-corrected chi connectivity index (χ1v) is 9.71. The van der Waals surface area contributed by atoms with Gasteiger partial charge in [0.1, 0.15) is 6.61 Å². The second kappa shape index (κ2) is 9.58. The largest absolute Gasteiger partial charge is 0.493 e. The standard InChI is InChI=1S/C24H21N3O4/c1-29-22-13-18(7-12-21(22)30-15-17-5-3-2-4-6-17)14-25-23(28)19-8-10-20(11-9-19)24-27-26-16-31-24/h2-13,16H,14-15H2,1H3,(H,25,28). The van der Waals surface area contributed by atoms with Crippen molar-refractivity contribution in [2.24, 2.45) is 0 Å². The van der Waals surface area contributed by atoms with Crippen LogP contribution in [0.2, 0.25) is 0 Å². The molecule has 1 aromatic heterocycles. The van der Waals surface area contributed by atoms with Crippen molar-refractivity contribution in [3.05, 3.63) is 95.9 Å².